The van der Waals surface area contributed by atoms with Crippen LogP contribution in [-0.2, 0) is 0 Å². The fourth-order valence-corrected chi connectivity index (χ4v) is 11.2. The number of benzene rings is 9. The molecule has 4 heteroatoms. The Labute approximate surface area is 329 Å². The first kappa shape index (κ1) is 29.5. The highest BCUT2D eigenvalue weighted by atomic mass is 15.0. The molecule has 58 heavy (non-hydrogen) atoms. The minimum Gasteiger partial charge on any atom is -0.309 e. The second-order valence-electron chi connectivity index (χ2n) is 16.0. The summed E-state index contributed by atoms with van der Waals surface area (Å²) in [5.41, 5.74) is 14.9. The summed E-state index contributed by atoms with van der Waals surface area (Å²) in [6.07, 6.45) is 0. The smallest absolute Gasteiger partial charge is 0.0641 e. The Hall–Kier alpha value is -7.82. The van der Waals surface area contributed by atoms with Crippen molar-refractivity contribution in [3.63, 3.8) is 0 Å². The summed E-state index contributed by atoms with van der Waals surface area (Å²) in [5.74, 6) is 0. The molecular weight excluding hydrogens is 705 g/mol. The minimum atomic E-state index is 1.18. The molecular formula is C54H30N4. The second kappa shape index (κ2) is 10.1. The number of hydrogen-bond donors (Lipinski definition) is 0. The molecule has 0 spiro atoms. The van der Waals surface area contributed by atoms with Crippen LogP contribution in [0.1, 0.15) is 0 Å². The van der Waals surface area contributed by atoms with Crippen LogP contribution in [0.25, 0.3) is 131 Å². The van der Waals surface area contributed by atoms with Crippen LogP contribution in [0, 0.1) is 0 Å². The number of rotatable bonds is 2. The van der Waals surface area contributed by atoms with E-state index < -0.39 is 0 Å². The monoisotopic (exact) mass is 734 g/mol. The van der Waals surface area contributed by atoms with Crippen LogP contribution in [0.2, 0.25) is 0 Å². The zero-order valence-corrected chi connectivity index (χ0v) is 31.1. The Morgan fingerprint density at radius 3 is 1.07 bits per heavy atom. The lowest BCUT2D eigenvalue weighted by Gasteiger charge is -2.09. The van der Waals surface area contributed by atoms with Gasteiger partial charge in [-0.2, -0.15) is 0 Å². The number of para-hydroxylation sites is 6. The molecule has 266 valence electrons. The van der Waals surface area contributed by atoms with Crippen LogP contribution in [0.3, 0.4) is 0 Å². The van der Waals surface area contributed by atoms with Gasteiger partial charge in [-0.15, -0.1) is 0 Å². The van der Waals surface area contributed by atoms with Crippen molar-refractivity contribution in [2.24, 2.45) is 0 Å². The van der Waals surface area contributed by atoms with Crippen molar-refractivity contribution in [3.05, 3.63) is 182 Å². The fraction of sp³-hybridized carbons (Fsp3) is 0. The predicted octanol–water partition coefficient (Wildman–Crippen LogP) is 14.2. The van der Waals surface area contributed by atoms with E-state index in [-0.39, 0.29) is 0 Å². The van der Waals surface area contributed by atoms with Crippen LogP contribution in [-0.4, -0.2) is 17.9 Å². The van der Waals surface area contributed by atoms with E-state index in [0.29, 0.717) is 0 Å². The van der Waals surface area contributed by atoms with Gasteiger partial charge in [0.05, 0.1) is 55.2 Å². The summed E-state index contributed by atoms with van der Waals surface area (Å²) in [6.45, 7) is 0. The summed E-state index contributed by atoms with van der Waals surface area (Å²) in [7, 11) is 0. The van der Waals surface area contributed by atoms with Crippen LogP contribution in [0.15, 0.2) is 182 Å². The van der Waals surface area contributed by atoms with Crippen molar-refractivity contribution in [2.45, 2.75) is 0 Å². The van der Waals surface area contributed by atoms with Gasteiger partial charge >= 0.3 is 0 Å². The number of nitrogens with zero attached hydrogens (tertiary/aromatic N) is 4. The van der Waals surface area contributed by atoms with Gasteiger partial charge in [0.25, 0.3) is 0 Å². The maximum atomic E-state index is 2.55. The lowest BCUT2D eigenvalue weighted by Crippen LogP contribution is -1.93. The molecule has 6 heterocycles. The molecule has 0 aliphatic carbocycles. The van der Waals surface area contributed by atoms with Gasteiger partial charge in [0.2, 0.25) is 0 Å². The van der Waals surface area contributed by atoms with Crippen LogP contribution in [0.4, 0.5) is 0 Å². The standard InChI is InChI=1S/C54H30N4/c1-3-13-31(14-4-1)55-43-23-9-7-17-33(43)37-25-27-45-49(53(37)55)39-21-11-19-35-41-30-48-42(29-47(41)57(45)51(35)39)36-20-12-22-40-50-46(58(48)52(36)40)28-26-38-34-18-8-10-24-44(34)56(54(38)50)32-15-5-2-6-16-32/h1-30H. The van der Waals surface area contributed by atoms with Gasteiger partial charge in [0.15, 0.2) is 0 Å². The Kier molecular flexibility index (Phi) is 5.14. The molecule has 0 N–H and O–H groups in total. The molecule has 4 nitrogen and oxygen atoms in total. The lowest BCUT2D eigenvalue weighted by atomic mass is 10.0. The normalized spacial score (nSPS) is 12.8. The van der Waals surface area contributed by atoms with Crippen molar-refractivity contribution in [1.82, 2.24) is 17.9 Å². The van der Waals surface area contributed by atoms with Gasteiger partial charge in [-0.25, -0.2) is 0 Å². The maximum Gasteiger partial charge on any atom is 0.0641 e. The largest absolute Gasteiger partial charge is 0.309 e. The summed E-state index contributed by atoms with van der Waals surface area (Å²) in [4.78, 5) is 0. The van der Waals surface area contributed by atoms with E-state index in [1.807, 2.05) is 0 Å². The molecule has 0 saturated heterocycles. The molecule has 0 radical (unpaired) electrons. The van der Waals surface area contributed by atoms with E-state index in [2.05, 4.69) is 200 Å². The highest BCUT2D eigenvalue weighted by Gasteiger charge is 2.26. The zero-order valence-electron chi connectivity index (χ0n) is 31.1. The highest BCUT2D eigenvalue weighted by molar-refractivity contribution is 6.34. The molecule has 0 unspecified atom stereocenters. The molecule has 6 aromatic heterocycles. The van der Waals surface area contributed by atoms with Crippen LogP contribution in [0.5, 0.6) is 0 Å². The topological polar surface area (TPSA) is 18.7 Å². The first-order valence-electron chi connectivity index (χ1n) is 20.1. The molecule has 9 aromatic carbocycles. The number of aromatic nitrogens is 4. The third kappa shape index (κ3) is 3.30. The first-order valence-corrected chi connectivity index (χ1v) is 20.1. The van der Waals surface area contributed by atoms with Crippen molar-refractivity contribution < 1.29 is 0 Å². The molecule has 15 rings (SSSR count). The Morgan fingerprint density at radius 1 is 0.224 bits per heavy atom. The molecule has 0 aliphatic rings. The van der Waals surface area contributed by atoms with Crippen molar-refractivity contribution in [1.29, 1.82) is 0 Å². The first-order chi connectivity index (χ1) is 28.8. The zero-order chi connectivity index (χ0) is 37.4. The molecule has 0 amide bonds. The van der Waals surface area contributed by atoms with E-state index in [9.17, 15) is 0 Å². The van der Waals surface area contributed by atoms with E-state index >= 15 is 0 Å². The average Bonchev–Trinajstić information content (AvgIpc) is 4.11. The quantitative estimate of drug-likeness (QED) is 0.168. The Morgan fingerprint density at radius 2 is 0.603 bits per heavy atom. The third-order valence-electron chi connectivity index (χ3n) is 13.4. The van der Waals surface area contributed by atoms with Crippen molar-refractivity contribution in [3.8, 4) is 11.4 Å². The summed E-state index contributed by atoms with van der Waals surface area (Å²) in [5, 5.41) is 15.5. The summed E-state index contributed by atoms with van der Waals surface area (Å²) >= 11 is 0. The van der Waals surface area contributed by atoms with Gasteiger partial charge in [0.1, 0.15) is 0 Å². The van der Waals surface area contributed by atoms with Gasteiger partial charge in [-0.3, -0.25) is 0 Å². The fourth-order valence-electron chi connectivity index (χ4n) is 11.2. The Balaban J connectivity index is 1.10. The van der Waals surface area contributed by atoms with E-state index in [4.69, 9.17) is 0 Å². The maximum absolute atomic E-state index is 2.55. The summed E-state index contributed by atoms with van der Waals surface area (Å²) < 4.78 is 10.1. The van der Waals surface area contributed by atoms with Crippen molar-refractivity contribution in [2.75, 3.05) is 0 Å². The predicted molar refractivity (Wildman–Crippen MR) is 244 cm³/mol. The number of hydrogen-bond acceptors (Lipinski definition) is 0. The van der Waals surface area contributed by atoms with E-state index in [1.165, 1.54) is 131 Å². The van der Waals surface area contributed by atoms with Crippen LogP contribution < -0.4 is 0 Å². The number of fused-ring (bicyclic) bond motifs is 20. The van der Waals surface area contributed by atoms with Gasteiger partial charge in [-0.1, -0.05) is 121 Å². The molecule has 0 aliphatic heterocycles. The average molecular weight is 735 g/mol. The lowest BCUT2D eigenvalue weighted by molar-refractivity contribution is 1.19. The molecule has 0 atom stereocenters. The SMILES string of the molecule is c1ccc(-n2c3ccccc3c3ccc4c(c5cccc6c7cc8c(cc7n4c65)c4cccc5c6c7c(ccc6n8c45)c4ccccc4n7-c4ccccc4)c32)cc1. The van der Waals surface area contributed by atoms with Gasteiger partial charge in [-0.05, 0) is 60.7 Å². The van der Waals surface area contributed by atoms with E-state index in [1.54, 1.807) is 0 Å². The Bertz CT molecular complexity index is 3960. The third-order valence-corrected chi connectivity index (χ3v) is 13.4. The molecule has 0 saturated carbocycles. The molecule has 15 aromatic rings. The highest BCUT2D eigenvalue weighted by Crippen LogP contribution is 2.48. The minimum absolute atomic E-state index is 1.18. The van der Waals surface area contributed by atoms with Gasteiger partial charge in [0, 0.05) is 76.0 Å². The molecule has 0 fully saturated rings. The summed E-state index contributed by atoms with van der Waals surface area (Å²) in [6, 6.07) is 67.6. The molecule has 0 bridgehead atoms. The van der Waals surface area contributed by atoms with Crippen molar-refractivity contribution >= 4 is 120 Å². The van der Waals surface area contributed by atoms with Crippen LogP contribution >= 0.6 is 0 Å². The van der Waals surface area contributed by atoms with E-state index in [0.717, 1.165) is 0 Å². The van der Waals surface area contributed by atoms with Gasteiger partial charge < -0.3 is 17.9 Å². The second-order valence-corrected chi connectivity index (χ2v) is 16.0.